The Morgan fingerprint density at radius 1 is 1.57 bits per heavy atom. The van der Waals surface area contributed by atoms with Crippen molar-refractivity contribution >= 4 is 28.6 Å². The Morgan fingerprint density at radius 2 is 2.21 bits per heavy atom. The summed E-state index contributed by atoms with van der Waals surface area (Å²) in [5.41, 5.74) is 1.66. The standard InChI is InChI=1S/C10H8INO2/c1-6-7(5-12)3-4-8(11)9(6)10(13)14-2/h3-4H,1-2H3. The van der Waals surface area contributed by atoms with Gasteiger partial charge in [-0.2, -0.15) is 5.26 Å². The van der Waals surface area contributed by atoms with E-state index in [1.54, 1.807) is 19.1 Å². The molecule has 1 rings (SSSR count). The third-order valence-corrected chi connectivity index (χ3v) is 2.82. The SMILES string of the molecule is COC(=O)c1c(I)ccc(C#N)c1C. The van der Waals surface area contributed by atoms with Gasteiger partial charge in [-0.3, -0.25) is 0 Å². The fourth-order valence-corrected chi connectivity index (χ4v) is 1.96. The first-order chi connectivity index (χ1) is 6.61. The van der Waals surface area contributed by atoms with Crippen molar-refractivity contribution in [1.29, 1.82) is 5.26 Å². The van der Waals surface area contributed by atoms with Gasteiger partial charge in [0.15, 0.2) is 0 Å². The maximum absolute atomic E-state index is 11.4. The maximum Gasteiger partial charge on any atom is 0.339 e. The summed E-state index contributed by atoms with van der Waals surface area (Å²) in [7, 11) is 1.33. The highest BCUT2D eigenvalue weighted by atomic mass is 127. The number of rotatable bonds is 1. The molecule has 1 aromatic carbocycles. The fourth-order valence-electron chi connectivity index (χ4n) is 1.15. The Labute approximate surface area is 95.8 Å². The van der Waals surface area contributed by atoms with E-state index in [0.717, 1.165) is 3.57 Å². The molecule has 0 aliphatic heterocycles. The van der Waals surface area contributed by atoms with E-state index in [4.69, 9.17) is 5.26 Å². The molecule has 0 aromatic heterocycles. The topological polar surface area (TPSA) is 50.1 Å². The monoisotopic (exact) mass is 301 g/mol. The Hall–Kier alpha value is -1.09. The van der Waals surface area contributed by atoms with Crippen LogP contribution in [0.1, 0.15) is 21.5 Å². The molecule has 0 saturated heterocycles. The van der Waals surface area contributed by atoms with Gasteiger partial charge in [-0.15, -0.1) is 0 Å². The van der Waals surface area contributed by atoms with Crippen LogP contribution in [0.3, 0.4) is 0 Å². The molecule has 14 heavy (non-hydrogen) atoms. The van der Waals surface area contributed by atoms with Gasteiger partial charge >= 0.3 is 5.97 Å². The van der Waals surface area contributed by atoms with E-state index in [-0.39, 0.29) is 0 Å². The molecule has 3 nitrogen and oxygen atoms in total. The van der Waals surface area contributed by atoms with Crippen molar-refractivity contribution < 1.29 is 9.53 Å². The molecule has 0 radical (unpaired) electrons. The molecule has 0 saturated carbocycles. The molecule has 4 heteroatoms. The average molecular weight is 301 g/mol. The number of carbonyl (C=O) groups excluding carboxylic acids is 1. The molecule has 0 N–H and O–H groups in total. The number of methoxy groups -OCH3 is 1. The summed E-state index contributed by atoms with van der Waals surface area (Å²) < 4.78 is 5.44. The number of hydrogen-bond donors (Lipinski definition) is 0. The lowest BCUT2D eigenvalue weighted by Crippen LogP contribution is -2.07. The zero-order chi connectivity index (χ0) is 10.7. The molecule has 0 fully saturated rings. The van der Waals surface area contributed by atoms with Gasteiger partial charge in [0.1, 0.15) is 0 Å². The van der Waals surface area contributed by atoms with Gasteiger partial charge in [0.2, 0.25) is 0 Å². The molecule has 0 heterocycles. The first kappa shape index (κ1) is 11.0. The van der Waals surface area contributed by atoms with E-state index >= 15 is 0 Å². The van der Waals surface area contributed by atoms with Crippen LogP contribution < -0.4 is 0 Å². The summed E-state index contributed by atoms with van der Waals surface area (Å²) in [6, 6.07) is 5.46. The van der Waals surface area contributed by atoms with Crippen LogP contribution in [0, 0.1) is 21.8 Å². The van der Waals surface area contributed by atoms with Gasteiger partial charge in [0.05, 0.1) is 24.3 Å². The van der Waals surface area contributed by atoms with Crippen molar-refractivity contribution in [2.75, 3.05) is 7.11 Å². The molecule has 0 bridgehead atoms. The van der Waals surface area contributed by atoms with Crippen LogP contribution in [0.2, 0.25) is 0 Å². The number of esters is 1. The molecule has 1 aromatic rings. The van der Waals surface area contributed by atoms with Crippen LogP contribution in [0.4, 0.5) is 0 Å². The normalized spacial score (nSPS) is 9.29. The molecule has 0 aliphatic carbocycles. The highest BCUT2D eigenvalue weighted by molar-refractivity contribution is 14.1. The summed E-state index contributed by atoms with van der Waals surface area (Å²) in [5, 5.41) is 8.78. The van der Waals surface area contributed by atoms with Gasteiger partial charge < -0.3 is 4.74 Å². The largest absolute Gasteiger partial charge is 0.465 e. The van der Waals surface area contributed by atoms with Crippen LogP contribution in [0.5, 0.6) is 0 Å². The summed E-state index contributed by atoms with van der Waals surface area (Å²) in [4.78, 5) is 11.4. The zero-order valence-corrected chi connectivity index (χ0v) is 9.95. The molecule has 0 aliphatic rings. The van der Waals surface area contributed by atoms with Gasteiger partial charge in [-0.05, 0) is 47.2 Å². The van der Waals surface area contributed by atoms with E-state index in [2.05, 4.69) is 4.74 Å². The fraction of sp³-hybridized carbons (Fsp3) is 0.200. The minimum Gasteiger partial charge on any atom is -0.465 e. The smallest absolute Gasteiger partial charge is 0.339 e. The maximum atomic E-state index is 11.4. The van der Waals surface area contributed by atoms with Gasteiger partial charge in [-0.1, -0.05) is 0 Å². The van der Waals surface area contributed by atoms with Crippen LogP contribution in [0.15, 0.2) is 12.1 Å². The summed E-state index contributed by atoms with van der Waals surface area (Å²) in [5.74, 6) is -0.399. The van der Waals surface area contributed by atoms with Crippen molar-refractivity contribution in [3.05, 3.63) is 32.4 Å². The first-order valence-electron chi connectivity index (χ1n) is 3.89. The van der Waals surface area contributed by atoms with Crippen LogP contribution in [-0.2, 0) is 4.74 Å². The number of nitriles is 1. The highest BCUT2D eigenvalue weighted by Gasteiger charge is 2.15. The van der Waals surface area contributed by atoms with E-state index in [1.807, 2.05) is 28.7 Å². The van der Waals surface area contributed by atoms with Crippen molar-refractivity contribution in [2.45, 2.75) is 6.92 Å². The lowest BCUT2D eigenvalue weighted by Gasteiger charge is -2.07. The number of halogens is 1. The summed E-state index contributed by atoms with van der Waals surface area (Å²) in [6.45, 7) is 1.74. The van der Waals surface area contributed by atoms with Crippen molar-refractivity contribution in [1.82, 2.24) is 0 Å². The second-order valence-corrected chi connectivity index (χ2v) is 3.86. The molecule has 0 spiro atoms. The summed E-state index contributed by atoms with van der Waals surface area (Å²) >= 11 is 2.05. The third kappa shape index (κ3) is 1.87. The number of hydrogen-bond acceptors (Lipinski definition) is 3. The van der Waals surface area contributed by atoms with E-state index in [0.29, 0.717) is 16.7 Å². The second kappa shape index (κ2) is 4.42. The predicted molar refractivity (Wildman–Crippen MR) is 60.0 cm³/mol. The van der Waals surface area contributed by atoms with Crippen LogP contribution in [0.25, 0.3) is 0 Å². The quantitative estimate of drug-likeness (QED) is 0.590. The van der Waals surface area contributed by atoms with Crippen molar-refractivity contribution in [3.63, 3.8) is 0 Å². The molecule has 0 amide bonds. The lowest BCUT2D eigenvalue weighted by atomic mass is 10.0. The van der Waals surface area contributed by atoms with Gasteiger partial charge in [0.25, 0.3) is 0 Å². The number of carbonyl (C=O) groups is 1. The molecular weight excluding hydrogens is 293 g/mol. The minimum absolute atomic E-state index is 0.399. The zero-order valence-electron chi connectivity index (χ0n) is 7.80. The second-order valence-electron chi connectivity index (χ2n) is 2.70. The van der Waals surface area contributed by atoms with Gasteiger partial charge in [-0.25, -0.2) is 4.79 Å². The number of benzene rings is 1. The summed E-state index contributed by atoms with van der Waals surface area (Å²) in [6.07, 6.45) is 0. The first-order valence-corrected chi connectivity index (χ1v) is 4.97. The van der Waals surface area contributed by atoms with E-state index in [9.17, 15) is 4.79 Å². The molecule has 72 valence electrons. The van der Waals surface area contributed by atoms with Crippen molar-refractivity contribution in [3.8, 4) is 6.07 Å². The Bertz CT molecular complexity index is 421. The molecular formula is C10H8INO2. The Morgan fingerprint density at radius 3 is 2.71 bits per heavy atom. The van der Waals surface area contributed by atoms with Gasteiger partial charge in [0, 0.05) is 3.57 Å². The predicted octanol–water partition coefficient (Wildman–Crippen LogP) is 2.26. The lowest BCUT2D eigenvalue weighted by molar-refractivity contribution is 0.0598. The number of ether oxygens (including phenoxy) is 1. The van der Waals surface area contributed by atoms with Crippen molar-refractivity contribution in [2.24, 2.45) is 0 Å². The Balaban J connectivity index is 3.42. The van der Waals surface area contributed by atoms with Crippen LogP contribution >= 0.6 is 22.6 Å². The highest BCUT2D eigenvalue weighted by Crippen LogP contribution is 2.20. The van der Waals surface area contributed by atoms with E-state index < -0.39 is 5.97 Å². The van der Waals surface area contributed by atoms with Crippen LogP contribution in [-0.4, -0.2) is 13.1 Å². The molecule has 0 atom stereocenters. The number of nitrogens with zero attached hydrogens (tertiary/aromatic N) is 1. The third-order valence-electron chi connectivity index (χ3n) is 1.92. The van der Waals surface area contributed by atoms with E-state index in [1.165, 1.54) is 7.11 Å². The Kier molecular flexibility index (Phi) is 3.47. The molecule has 0 unspecified atom stereocenters. The minimum atomic E-state index is -0.399. The average Bonchev–Trinajstić information content (AvgIpc) is 2.18.